The minimum Gasteiger partial charge on any atom is -0.458 e. The van der Waals surface area contributed by atoms with Crippen LogP contribution in [0.4, 0.5) is 0 Å². The summed E-state index contributed by atoms with van der Waals surface area (Å²) in [7, 11) is 0. The number of cyclic esters (lactones) is 1. The summed E-state index contributed by atoms with van der Waals surface area (Å²) in [6.45, 7) is 11.1. The van der Waals surface area contributed by atoms with Crippen LogP contribution in [0.2, 0.25) is 0 Å². The van der Waals surface area contributed by atoms with Crippen molar-refractivity contribution in [3.8, 4) is 0 Å². The lowest BCUT2D eigenvalue weighted by Gasteiger charge is -2.35. The maximum Gasteiger partial charge on any atom is 0.309 e. The number of rotatable bonds is 3. The monoisotopic (exact) mass is 507 g/mol. The van der Waals surface area contributed by atoms with Gasteiger partial charge < -0.3 is 19.7 Å². The van der Waals surface area contributed by atoms with E-state index in [1.807, 2.05) is 38.3 Å². The molecular formula is C27H41NO6S. The van der Waals surface area contributed by atoms with E-state index >= 15 is 0 Å². The summed E-state index contributed by atoms with van der Waals surface area (Å²) in [6, 6.07) is 0. The highest BCUT2D eigenvalue weighted by Gasteiger charge is 2.52. The molecule has 2 aliphatic heterocycles. The van der Waals surface area contributed by atoms with Gasteiger partial charge in [-0.15, -0.1) is 11.3 Å². The van der Waals surface area contributed by atoms with E-state index in [9.17, 15) is 19.8 Å². The number of aliphatic hydroxyl groups excluding tert-OH is 2. The Kier molecular flexibility index (Phi) is 8.95. The number of Topliss-reactive ketones (excluding diaryl/α,β-unsaturated/α-hetero) is 1. The second-order valence-corrected chi connectivity index (χ2v) is 12.1. The highest BCUT2D eigenvalue weighted by molar-refractivity contribution is 7.09. The van der Waals surface area contributed by atoms with E-state index in [4.69, 9.17) is 9.47 Å². The number of carbonyl (C=O) groups is 2. The van der Waals surface area contributed by atoms with Crippen LogP contribution >= 0.6 is 11.3 Å². The van der Waals surface area contributed by atoms with Crippen LogP contribution in [-0.4, -0.2) is 57.0 Å². The van der Waals surface area contributed by atoms with Crippen LogP contribution in [0.25, 0.3) is 6.08 Å². The molecule has 196 valence electrons. The number of carbonyl (C=O) groups excluding carboxylic acids is 2. The van der Waals surface area contributed by atoms with Gasteiger partial charge in [0.1, 0.15) is 11.9 Å². The molecule has 7 nitrogen and oxygen atoms in total. The molecular weight excluding hydrogens is 466 g/mol. The first-order chi connectivity index (χ1) is 16.4. The van der Waals surface area contributed by atoms with Crippen molar-refractivity contribution in [1.29, 1.82) is 0 Å². The van der Waals surface area contributed by atoms with Crippen molar-refractivity contribution >= 4 is 29.2 Å². The van der Waals surface area contributed by atoms with Crippen LogP contribution in [0, 0.1) is 24.2 Å². The van der Waals surface area contributed by atoms with Crippen LogP contribution in [0.1, 0.15) is 83.8 Å². The summed E-state index contributed by atoms with van der Waals surface area (Å²) in [5.41, 5.74) is -0.682. The van der Waals surface area contributed by atoms with E-state index in [1.54, 1.807) is 25.2 Å². The third-order valence-electron chi connectivity index (χ3n) is 7.82. The number of epoxide rings is 1. The van der Waals surface area contributed by atoms with E-state index < -0.39 is 35.6 Å². The second kappa shape index (κ2) is 11.2. The average Bonchev–Trinajstić information content (AvgIpc) is 3.21. The van der Waals surface area contributed by atoms with Gasteiger partial charge in [0, 0.05) is 17.7 Å². The molecule has 7 unspecified atom stereocenters. The molecule has 1 aromatic heterocycles. The van der Waals surface area contributed by atoms with Crippen molar-refractivity contribution < 1.29 is 29.3 Å². The molecule has 2 N–H and O–H groups in total. The van der Waals surface area contributed by atoms with Gasteiger partial charge >= 0.3 is 5.97 Å². The van der Waals surface area contributed by atoms with Gasteiger partial charge in [-0.05, 0) is 51.2 Å². The fourth-order valence-electron chi connectivity index (χ4n) is 5.04. The van der Waals surface area contributed by atoms with Crippen molar-refractivity contribution in [1.82, 2.24) is 4.98 Å². The highest BCUT2D eigenvalue weighted by atomic mass is 32.1. The molecule has 0 bridgehead atoms. The predicted octanol–water partition coefficient (Wildman–Crippen LogP) is 4.48. The number of aliphatic hydroxyl groups is 2. The van der Waals surface area contributed by atoms with E-state index in [2.05, 4.69) is 11.9 Å². The molecule has 0 saturated carbocycles. The third kappa shape index (κ3) is 6.79. The zero-order valence-electron chi connectivity index (χ0n) is 21.8. The van der Waals surface area contributed by atoms with Crippen molar-refractivity contribution in [3.05, 3.63) is 22.2 Å². The van der Waals surface area contributed by atoms with Gasteiger partial charge in [-0.1, -0.05) is 34.1 Å². The normalized spacial score (nSPS) is 37.1. The lowest BCUT2D eigenvalue weighted by atomic mass is 9.71. The fraction of sp³-hybridized carbons (Fsp3) is 0.741. The number of hydrogen-bond acceptors (Lipinski definition) is 8. The van der Waals surface area contributed by atoms with Crippen LogP contribution in [0.3, 0.4) is 0 Å². The van der Waals surface area contributed by atoms with Gasteiger partial charge in [0.2, 0.25) is 0 Å². The van der Waals surface area contributed by atoms with Gasteiger partial charge in [-0.25, -0.2) is 4.98 Å². The van der Waals surface area contributed by atoms with Crippen LogP contribution in [0.5, 0.6) is 0 Å². The number of ether oxygens (including phenoxy) is 2. The minimum atomic E-state index is -1.22. The topological polar surface area (TPSA) is 109 Å². The summed E-state index contributed by atoms with van der Waals surface area (Å²) >= 11 is 1.55. The highest BCUT2D eigenvalue weighted by Crippen LogP contribution is 2.44. The Labute approximate surface area is 212 Å². The van der Waals surface area contributed by atoms with Crippen LogP contribution in [0.15, 0.2) is 11.5 Å². The van der Waals surface area contributed by atoms with Gasteiger partial charge in [-0.2, -0.15) is 0 Å². The van der Waals surface area contributed by atoms with E-state index in [1.165, 1.54) is 0 Å². The van der Waals surface area contributed by atoms with Crippen LogP contribution < -0.4 is 0 Å². The molecule has 0 spiro atoms. The zero-order valence-corrected chi connectivity index (χ0v) is 22.6. The van der Waals surface area contributed by atoms with Crippen molar-refractivity contribution in [2.24, 2.45) is 17.3 Å². The standard InChI is InChI=1S/C27H41NO6S/c1-7-20-24(31)16(2)9-8-12-27(6)22(34-27)13-19(11-10-18-15-35-17(3)28-18)33-23(30)14-21(29)26(4,5)25(20)32/h10-11,15-16,19-22,24,29,31H,7-9,12-14H2,1-6H3. The molecule has 3 heterocycles. The molecule has 35 heavy (non-hydrogen) atoms. The molecule has 0 aliphatic carbocycles. The maximum absolute atomic E-state index is 13.4. The molecule has 8 heteroatoms. The third-order valence-corrected chi connectivity index (χ3v) is 8.61. The predicted molar refractivity (Wildman–Crippen MR) is 136 cm³/mol. The molecule has 7 atom stereocenters. The number of thiazole rings is 1. The molecule has 0 aromatic carbocycles. The smallest absolute Gasteiger partial charge is 0.309 e. The van der Waals surface area contributed by atoms with Gasteiger partial charge in [0.25, 0.3) is 0 Å². The molecule has 0 radical (unpaired) electrons. The molecule has 3 rings (SSSR count). The van der Waals surface area contributed by atoms with E-state index in [0.29, 0.717) is 12.8 Å². The maximum atomic E-state index is 13.4. The Hall–Kier alpha value is -1.61. The zero-order chi connectivity index (χ0) is 26.0. The van der Waals surface area contributed by atoms with E-state index in [-0.39, 0.29) is 29.8 Å². The minimum absolute atomic E-state index is 0.0402. The summed E-state index contributed by atoms with van der Waals surface area (Å²) in [6.07, 6.45) is 4.23. The van der Waals surface area contributed by atoms with Gasteiger partial charge in [0.15, 0.2) is 0 Å². The van der Waals surface area contributed by atoms with Crippen molar-refractivity contribution in [3.63, 3.8) is 0 Å². The molecule has 2 fully saturated rings. The quantitative estimate of drug-likeness (QED) is 0.459. The van der Waals surface area contributed by atoms with Gasteiger partial charge in [0.05, 0.1) is 46.5 Å². The second-order valence-electron chi connectivity index (χ2n) is 11.0. The Morgan fingerprint density at radius 2 is 1.97 bits per heavy atom. The Morgan fingerprint density at radius 1 is 1.26 bits per heavy atom. The number of aromatic nitrogens is 1. The number of esters is 1. The summed E-state index contributed by atoms with van der Waals surface area (Å²) in [5, 5.41) is 24.8. The number of hydrogen-bond donors (Lipinski definition) is 2. The summed E-state index contributed by atoms with van der Waals surface area (Å²) < 4.78 is 11.8. The van der Waals surface area contributed by atoms with Gasteiger partial charge in [-0.3, -0.25) is 9.59 Å². The number of aryl methyl sites for hydroxylation is 1. The summed E-state index contributed by atoms with van der Waals surface area (Å²) in [4.78, 5) is 30.7. The Bertz CT molecular complexity index is 927. The first kappa shape index (κ1) is 28.0. The molecule has 1 aromatic rings. The number of nitrogens with zero attached hydrogens (tertiary/aromatic N) is 1. The molecule has 2 saturated heterocycles. The lowest BCUT2D eigenvalue weighted by Crippen LogP contribution is -2.46. The van der Waals surface area contributed by atoms with Crippen LogP contribution in [-0.2, 0) is 19.1 Å². The SMILES string of the molecule is CCC1C(=O)C(C)(C)C(O)CC(=O)OC(C=Cc2csc(C)n2)CC2OC2(C)CCCC(C)C1O. The Balaban J connectivity index is 1.83. The summed E-state index contributed by atoms with van der Waals surface area (Å²) in [5.74, 6) is -1.46. The average molecular weight is 508 g/mol. The number of fused-ring (bicyclic) bond motifs is 1. The molecule has 0 amide bonds. The van der Waals surface area contributed by atoms with Crippen molar-refractivity contribution in [2.45, 2.75) is 110 Å². The van der Waals surface area contributed by atoms with E-state index in [0.717, 1.165) is 30.0 Å². The van der Waals surface area contributed by atoms with Crippen molar-refractivity contribution in [2.75, 3.05) is 0 Å². The molecule has 2 aliphatic rings. The number of ketones is 1. The Morgan fingerprint density at radius 3 is 2.60 bits per heavy atom. The largest absolute Gasteiger partial charge is 0.458 e. The first-order valence-electron chi connectivity index (χ1n) is 12.8. The lowest BCUT2D eigenvalue weighted by molar-refractivity contribution is -0.154. The first-order valence-corrected chi connectivity index (χ1v) is 13.6. The fourth-order valence-corrected chi connectivity index (χ4v) is 5.62.